The summed E-state index contributed by atoms with van der Waals surface area (Å²) >= 11 is 0. The lowest BCUT2D eigenvalue weighted by molar-refractivity contribution is -0.144. The van der Waals surface area contributed by atoms with E-state index < -0.39 is 0 Å². The molecule has 16 heavy (non-hydrogen) atoms. The van der Waals surface area contributed by atoms with Gasteiger partial charge in [-0.3, -0.25) is 14.5 Å². The van der Waals surface area contributed by atoms with E-state index in [0.29, 0.717) is 26.3 Å². The summed E-state index contributed by atoms with van der Waals surface area (Å²) in [6.07, 6.45) is 0.418. The number of ketones is 1. The number of hydrogen-bond donors (Lipinski definition) is 0. The van der Waals surface area contributed by atoms with Crippen LogP contribution in [0.5, 0.6) is 0 Å². The van der Waals surface area contributed by atoms with Crippen LogP contribution in [0.2, 0.25) is 0 Å². The highest BCUT2D eigenvalue weighted by molar-refractivity contribution is 5.84. The molecule has 0 bridgehead atoms. The summed E-state index contributed by atoms with van der Waals surface area (Å²) in [7, 11) is 3.47. The van der Waals surface area contributed by atoms with Crippen molar-refractivity contribution in [3.8, 4) is 0 Å². The van der Waals surface area contributed by atoms with E-state index in [-0.39, 0.29) is 24.6 Å². The number of Topliss-reactive ketones (excluding diaryl/α,β-unsaturated/α-hetero) is 1. The molecule has 0 atom stereocenters. The third-order valence-corrected chi connectivity index (χ3v) is 2.04. The van der Waals surface area contributed by atoms with Crippen molar-refractivity contribution in [3.63, 3.8) is 0 Å². The zero-order chi connectivity index (χ0) is 12.4. The predicted molar refractivity (Wildman–Crippen MR) is 60.2 cm³/mol. The molecule has 0 saturated carbocycles. The van der Waals surface area contributed by atoms with Crippen molar-refractivity contribution < 1.29 is 19.1 Å². The Balaban J connectivity index is 3.61. The van der Waals surface area contributed by atoms with Crippen LogP contribution in [-0.4, -0.2) is 57.1 Å². The highest BCUT2D eigenvalue weighted by Gasteiger charge is 2.09. The lowest BCUT2D eigenvalue weighted by Crippen LogP contribution is -2.29. The Bertz CT molecular complexity index is 218. The minimum Gasteiger partial charge on any atom is -0.466 e. The summed E-state index contributed by atoms with van der Waals surface area (Å²) in [6, 6.07) is 0. The molecule has 0 aliphatic heterocycles. The second-order valence-corrected chi connectivity index (χ2v) is 3.57. The predicted octanol–water partition coefficient (Wildman–Crippen LogP) is 0.477. The fourth-order valence-corrected chi connectivity index (χ4v) is 1.18. The van der Waals surface area contributed by atoms with E-state index in [9.17, 15) is 9.59 Å². The van der Waals surface area contributed by atoms with Gasteiger partial charge >= 0.3 is 5.97 Å². The van der Waals surface area contributed by atoms with E-state index in [4.69, 9.17) is 9.47 Å². The number of esters is 1. The van der Waals surface area contributed by atoms with Gasteiger partial charge in [-0.25, -0.2) is 0 Å². The largest absolute Gasteiger partial charge is 0.466 e. The van der Waals surface area contributed by atoms with Crippen LogP contribution in [0.1, 0.15) is 19.8 Å². The monoisotopic (exact) mass is 231 g/mol. The van der Waals surface area contributed by atoms with Gasteiger partial charge in [0.1, 0.15) is 5.78 Å². The zero-order valence-corrected chi connectivity index (χ0v) is 10.3. The van der Waals surface area contributed by atoms with Gasteiger partial charge in [-0.15, -0.1) is 0 Å². The fraction of sp³-hybridized carbons (Fsp3) is 0.818. The topological polar surface area (TPSA) is 55.8 Å². The van der Waals surface area contributed by atoms with E-state index >= 15 is 0 Å². The first-order valence-corrected chi connectivity index (χ1v) is 5.45. The van der Waals surface area contributed by atoms with Gasteiger partial charge in [-0.1, -0.05) is 0 Å². The second kappa shape index (κ2) is 9.30. The molecule has 0 N–H and O–H groups in total. The van der Waals surface area contributed by atoms with Crippen LogP contribution < -0.4 is 0 Å². The van der Waals surface area contributed by atoms with Crippen LogP contribution in [-0.2, 0) is 19.1 Å². The van der Waals surface area contributed by atoms with Gasteiger partial charge in [0.2, 0.25) is 0 Å². The molecule has 0 aliphatic rings. The molecular weight excluding hydrogens is 210 g/mol. The molecule has 94 valence electrons. The first-order valence-electron chi connectivity index (χ1n) is 5.45. The first-order chi connectivity index (χ1) is 7.60. The van der Waals surface area contributed by atoms with E-state index in [0.717, 1.165) is 0 Å². The molecule has 5 nitrogen and oxygen atoms in total. The summed E-state index contributed by atoms with van der Waals surface area (Å²) in [5.41, 5.74) is 0. The van der Waals surface area contributed by atoms with Crippen molar-refractivity contribution in [3.05, 3.63) is 0 Å². The molecule has 0 unspecified atom stereocenters. The number of methoxy groups -OCH3 is 1. The van der Waals surface area contributed by atoms with Crippen LogP contribution >= 0.6 is 0 Å². The van der Waals surface area contributed by atoms with Crippen LogP contribution in [0.4, 0.5) is 0 Å². The van der Waals surface area contributed by atoms with Gasteiger partial charge < -0.3 is 9.47 Å². The van der Waals surface area contributed by atoms with Gasteiger partial charge in [0.05, 0.1) is 26.2 Å². The molecule has 0 aromatic carbocycles. The van der Waals surface area contributed by atoms with E-state index in [1.165, 1.54) is 0 Å². The Hall–Kier alpha value is -0.940. The molecule has 0 aromatic rings. The van der Waals surface area contributed by atoms with Crippen molar-refractivity contribution in [2.24, 2.45) is 0 Å². The van der Waals surface area contributed by atoms with E-state index in [1.807, 2.05) is 11.9 Å². The van der Waals surface area contributed by atoms with Gasteiger partial charge in [0, 0.05) is 20.1 Å². The second-order valence-electron chi connectivity index (χ2n) is 3.57. The molecule has 0 heterocycles. The highest BCUT2D eigenvalue weighted by Crippen LogP contribution is 1.96. The number of rotatable bonds is 9. The van der Waals surface area contributed by atoms with Crippen molar-refractivity contribution in [2.75, 3.05) is 40.5 Å². The number of carbonyl (C=O) groups excluding carboxylic acids is 2. The minimum atomic E-state index is -0.310. The molecule has 0 spiro atoms. The molecular formula is C11H21NO4. The van der Waals surface area contributed by atoms with Crippen LogP contribution in [0, 0.1) is 0 Å². The third-order valence-electron chi connectivity index (χ3n) is 2.04. The molecule has 0 aliphatic carbocycles. The SMILES string of the molecule is CCOC(=O)CCC(=O)CN(C)CCOC. The van der Waals surface area contributed by atoms with Crippen LogP contribution in [0.25, 0.3) is 0 Å². The average Bonchev–Trinajstić information content (AvgIpc) is 2.24. The number of ether oxygens (including phenoxy) is 2. The molecule has 0 fully saturated rings. The zero-order valence-electron chi connectivity index (χ0n) is 10.3. The average molecular weight is 231 g/mol. The molecule has 0 saturated heterocycles. The molecule has 0 aromatic heterocycles. The third kappa shape index (κ3) is 8.38. The van der Waals surface area contributed by atoms with Gasteiger partial charge in [0.15, 0.2) is 0 Å². The number of hydrogen-bond acceptors (Lipinski definition) is 5. The van der Waals surface area contributed by atoms with E-state index in [1.54, 1.807) is 14.0 Å². The van der Waals surface area contributed by atoms with Gasteiger partial charge in [-0.05, 0) is 14.0 Å². The normalized spacial score (nSPS) is 10.5. The maximum atomic E-state index is 11.4. The van der Waals surface area contributed by atoms with Crippen molar-refractivity contribution in [1.82, 2.24) is 4.90 Å². The minimum absolute atomic E-state index is 0.0478. The van der Waals surface area contributed by atoms with Gasteiger partial charge in [-0.2, -0.15) is 0 Å². The Morgan fingerprint density at radius 1 is 1.25 bits per heavy atom. The van der Waals surface area contributed by atoms with Crippen molar-refractivity contribution >= 4 is 11.8 Å². The quantitative estimate of drug-likeness (QED) is 0.540. The van der Waals surface area contributed by atoms with Crippen LogP contribution in [0.3, 0.4) is 0 Å². The van der Waals surface area contributed by atoms with Crippen molar-refractivity contribution in [1.29, 1.82) is 0 Å². The standard InChI is InChI=1S/C11H21NO4/c1-4-16-11(14)6-5-10(13)9-12(2)7-8-15-3/h4-9H2,1-3H3. The lowest BCUT2D eigenvalue weighted by Gasteiger charge is -2.14. The summed E-state index contributed by atoms with van der Waals surface area (Å²) in [6.45, 7) is 3.77. The Labute approximate surface area is 96.7 Å². The molecule has 0 rings (SSSR count). The Kier molecular flexibility index (Phi) is 8.75. The Morgan fingerprint density at radius 2 is 1.94 bits per heavy atom. The van der Waals surface area contributed by atoms with Crippen molar-refractivity contribution in [2.45, 2.75) is 19.8 Å². The number of carbonyl (C=O) groups is 2. The summed E-state index contributed by atoms with van der Waals surface area (Å²) in [5, 5.41) is 0. The highest BCUT2D eigenvalue weighted by atomic mass is 16.5. The lowest BCUT2D eigenvalue weighted by atomic mass is 10.2. The maximum Gasteiger partial charge on any atom is 0.306 e. The maximum absolute atomic E-state index is 11.4. The smallest absolute Gasteiger partial charge is 0.306 e. The van der Waals surface area contributed by atoms with Crippen LogP contribution in [0.15, 0.2) is 0 Å². The molecule has 0 amide bonds. The number of likely N-dealkylation sites (N-methyl/N-ethyl adjacent to an activating group) is 1. The van der Waals surface area contributed by atoms with E-state index in [2.05, 4.69) is 0 Å². The summed E-state index contributed by atoms with van der Waals surface area (Å²) in [5.74, 6) is -0.262. The molecule has 0 radical (unpaired) electrons. The first kappa shape index (κ1) is 15.1. The van der Waals surface area contributed by atoms with Gasteiger partial charge in [0.25, 0.3) is 0 Å². The summed E-state index contributed by atoms with van der Waals surface area (Å²) in [4.78, 5) is 24.3. The fourth-order valence-electron chi connectivity index (χ4n) is 1.18. The summed E-state index contributed by atoms with van der Waals surface area (Å²) < 4.78 is 9.63. The Morgan fingerprint density at radius 3 is 2.50 bits per heavy atom. The number of nitrogens with zero attached hydrogens (tertiary/aromatic N) is 1. The molecule has 5 heteroatoms.